The fourth-order valence-corrected chi connectivity index (χ4v) is 4.63. The molecule has 0 saturated heterocycles. The number of nitrogens with one attached hydrogen (secondary N) is 1. The molecular weight excluding hydrogens is 304 g/mol. The van der Waals surface area contributed by atoms with Gasteiger partial charge in [0.05, 0.1) is 6.61 Å². The lowest BCUT2D eigenvalue weighted by Gasteiger charge is -2.06. The average molecular weight is 329 g/mol. The molecule has 2 rings (SSSR count). The zero-order valence-electron chi connectivity index (χ0n) is 12.3. The van der Waals surface area contributed by atoms with Gasteiger partial charge < -0.3 is 15.8 Å². The van der Waals surface area contributed by atoms with Crippen molar-refractivity contribution in [3.63, 3.8) is 0 Å². The summed E-state index contributed by atoms with van der Waals surface area (Å²) < 4.78 is 5.34. The number of amides is 1. The molecule has 0 aromatic carbocycles. The maximum absolute atomic E-state index is 11.6. The number of rotatable bonds is 8. The number of fused-ring (bicyclic) bond motifs is 1. The van der Waals surface area contributed by atoms with Gasteiger partial charge in [-0.15, -0.1) is 11.8 Å². The second-order valence-corrected chi connectivity index (χ2v) is 8.08. The first-order valence-electron chi connectivity index (χ1n) is 7.63. The van der Waals surface area contributed by atoms with Crippen LogP contribution in [-0.2, 0) is 4.74 Å². The fourth-order valence-electron chi connectivity index (χ4n) is 2.87. The summed E-state index contributed by atoms with van der Waals surface area (Å²) in [6.45, 7) is 1.91. The Hall–Kier alpha value is -0.510. The third-order valence-electron chi connectivity index (χ3n) is 3.99. The van der Waals surface area contributed by atoms with Crippen LogP contribution in [0.4, 0.5) is 4.79 Å². The number of carbonyl (C=O) groups excluding carboxylic acids is 1. The third kappa shape index (κ3) is 6.01. The Balaban J connectivity index is 1.50. The predicted molar refractivity (Wildman–Crippen MR) is 90.0 cm³/mol. The summed E-state index contributed by atoms with van der Waals surface area (Å²) in [6.07, 6.45) is 4.06. The van der Waals surface area contributed by atoms with Gasteiger partial charge in [-0.3, -0.25) is 0 Å². The first kappa shape index (κ1) is 16.9. The summed E-state index contributed by atoms with van der Waals surface area (Å²) in [4.78, 5) is 11.6. The Kier molecular flexibility index (Phi) is 7.62. The van der Waals surface area contributed by atoms with Crippen molar-refractivity contribution in [1.82, 2.24) is 5.32 Å². The molecule has 1 saturated carbocycles. The highest BCUT2D eigenvalue weighted by atomic mass is 33.1. The molecule has 0 aromatic rings. The maximum Gasteiger partial charge on any atom is 0.407 e. The number of hydrogen-bond acceptors (Lipinski definition) is 5. The van der Waals surface area contributed by atoms with E-state index in [4.69, 9.17) is 10.5 Å². The molecule has 0 aromatic heterocycles. The van der Waals surface area contributed by atoms with Gasteiger partial charge in [0.1, 0.15) is 0 Å². The maximum atomic E-state index is 11.6. The van der Waals surface area contributed by atoms with Crippen LogP contribution in [0.3, 0.4) is 0 Å². The molecular formula is C15H24N2O2S2. The van der Waals surface area contributed by atoms with E-state index in [0.29, 0.717) is 25.6 Å². The van der Waals surface area contributed by atoms with Crippen molar-refractivity contribution in [2.75, 3.05) is 31.2 Å². The largest absolute Gasteiger partial charge is 0.449 e. The molecule has 1 unspecified atom stereocenters. The van der Waals surface area contributed by atoms with Gasteiger partial charge in [-0.2, -0.15) is 0 Å². The third-order valence-corrected chi connectivity index (χ3v) is 6.43. The lowest BCUT2D eigenvalue weighted by molar-refractivity contribution is 0.138. The molecule has 2 aliphatic carbocycles. The number of ether oxygens (including phenoxy) is 1. The number of nitrogens with two attached hydrogens (primary N) is 1. The lowest BCUT2D eigenvalue weighted by atomic mass is 10.1. The monoisotopic (exact) mass is 328 g/mol. The van der Waals surface area contributed by atoms with Gasteiger partial charge in [0.2, 0.25) is 0 Å². The first-order valence-corrected chi connectivity index (χ1v) is 10.1. The molecule has 0 spiro atoms. The summed E-state index contributed by atoms with van der Waals surface area (Å²) in [5, 5.41) is 2.80. The quantitative estimate of drug-likeness (QED) is 0.407. The van der Waals surface area contributed by atoms with E-state index in [1.165, 1.54) is 12.8 Å². The molecule has 0 bridgehead atoms. The summed E-state index contributed by atoms with van der Waals surface area (Å²) in [5.41, 5.74) is 5.40. The van der Waals surface area contributed by atoms with Gasteiger partial charge in [0, 0.05) is 37.4 Å². The molecule has 118 valence electrons. The minimum atomic E-state index is -0.282. The van der Waals surface area contributed by atoms with E-state index < -0.39 is 0 Å². The van der Waals surface area contributed by atoms with Crippen LogP contribution in [0, 0.1) is 29.6 Å². The zero-order chi connectivity index (χ0) is 14.9. The number of alkyl carbamates (subject to hydrolysis) is 1. The van der Waals surface area contributed by atoms with E-state index in [2.05, 4.69) is 17.2 Å². The average Bonchev–Trinajstić information content (AvgIpc) is 3.10. The molecule has 4 nitrogen and oxygen atoms in total. The summed E-state index contributed by atoms with van der Waals surface area (Å²) in [7, 11) is 3.47. The molecule has 6 heteroatoms. The normalized spacial score (nSPS) is 26.6. The Morgan fingerprint density at radius 2 is 1.86 bits per heavy atom. The predicted octanol–water partition coefficient (Wildman–Crippen LogP) is 2.49. The van der Waals surface area contributed by atoms with Crippen LogP contribution in [0.15, 0.2) is 0 Å². The zero-order valence-corrected chi connectivity index (χ0v) is 13.9. The second-order valence-electron chi connectivity index (χ2n) is 5.38. The Morgan fingerprint density at radius 3 is 2.52 bits per heavy atom. The van der Waals surface area contributed by atoms with E-state index in [1.807, 2.05) is 0 Å². The van der Waals surface area contributed by atoms with Gasteiger partial charge in [0.25, 0.3) is 0 Å². The molecule has 2 aliphatic rings. The molecule has 1 amide bonds. The SMILES string of the molecule is NCCSSCCNC(=O)OCC1[C@H]2CCC#CCC[C@@H]12. The minimum absolute atomic E-state index is 0.282. The molecule has 0 aliphatic heterocycles. The van der Waals surface area contributed by atoms with E-state index in [0.717, 1.165) is 36.2 Å². The highest BCUT2D eigenvalue weighted by Crippen LogP contribution is 2.52. The van der Waals surface area contributed by atoms with Crippen molar-refractivity contribution in [3.8, 4) is 11.8 Å². The number of carbonyl (C=O) groups is 1. The smallest absolute Gasteiger partial charge is 0.407 e. The minimum Gasteiger partial charge on any atom is -0.449 e. The van der Waals surface area contributed by atoms with Gasteiger partial charge >= 0.3 is 6.09 Å². The standard InChI is InChI=1S/C15H24N2O2S2/c16-7-9-20-21-10-8-17-15(18)19-11-14-12-5-3-1-2-4-6-13(12)14/h12-14H,3-11,16H2,(H,17,18)/t12-,13+,14?. The highest BCUT2D eigenvalue weighted by Gasteiger charge is 2.49. The van der Waals surface area contributed by atoms with E-state index in [1.54, 1.807) is 21.6 Å². The van der Waals surface area contributed by atoms with Crippen molar-refractivity contribution in [2.24, 2.45) is 23.5 Å². The van der Waals surface area contributed by atoms with Crippen LogP contribution < -0.4 is 11.1 Å². The second kappa shape index (κ2) is 9.50. The molecule has 3 N–H and O–H groups in total. The highest BCUT2D eigenvalue weighted by molar-refractivity contribution is 8.76. The first-order chi connectivity index (χ1) is 10.3. The van der Waals surface area contributed by atoms with Crippen molar-refractivity contribution in [2.45, 2.75) is 25.7 Å². The van der Waals surface area contributed by atoms with Crippen LogP contribution in [0.5, 0.6) is 0 Å². The van der Waals surface area contributed by atoms with Crippen LogP contribution in [-0.4, -0.2) is 37.3 Å². The van der Waals surface area contributed by atoms with Gasteiger partial charge in [-0.1, -0.05) is 21.6 Å². The van der Waals surface area contributed by atoms with Crippen molar-refractivity contribution in [1.29, 1.82) is 0 Å². The molecule has 0 radical (unpaired) electrons. The topological polar surface area (TPSA) is 64.3 Å². The Labute approximate surface area is 135 Å². The van der Waals surface area contributed by atoms with Crippen LogP contribution in [0.2, 0.25) is 0 Å². The number of hydrogen-bond donors (Lipinski definition) is 2. The van der Waals surface area contributed by atoms with Crippen molar-refractivity contribution < 1.29 is 9.53 Å². The van der Waals surface area contributed by atoms with Crippen LogP contribution in [0.25, 0.3) is 0 Å². The van der Waals surface area contributed by atoms with Crippen LogP contribution in [0.1, 0.15) is 25.7 Å². The van der Waals surface area contributed by atoms with Crippen molar-refractivity contribution >= 4 is 27.7 Å². The Morgan fingerprint density at radius 1 is 1.19 bits per heavy atom. The molecule has 0 heterocycles. The Bertz CT molecular complexity index is 377. The fraction of sp³-hybridized carbons (Fsp3) is 0.800. The molecule has 3 atom stereocenters. The summed E-state index contributed by atoms with van der Waals surface area (Å²) >= 11 is 0. The molecule has 1 fully saturated rings. The van der Waals surface area contributed by atoms with Crippen molar-refractivity contribution in [3.05, 3.63) is 0 Å². The van der Waals surface area contributed by atoms with Gasteiger partial charge in [-0.25, -0.2) is 4.79 Å². The van der Waals surface area contributed by atoms with Crippen LogP contribution >= 0.6 is 21.6 Å². The van der Waals surface area contributed by atoms with E-state index in [-0.39, 0.29) is 6.09 Å². The van der Waals surface area contributed by atoms with E-state index in [9.17, 15) is 4.79 Å². The summed E-state index contributed by atoms with van der Waals surface area (Å²) in [6, 6.07) is 0. The van der Waals surface area contributed by atoms with Gasteiger partial charge in [0.15, 0.2) is 0 Å². The lowest BCUT2D eigenvalue weighted by Crippen LogP contribution is -2.27. The van der Waals surface area contributed by atoms with E-state index >= 15 is 0 Å². The summed E-state index contributed by atoms with van der Waals surface area (Å²) in [5.74, 6) is 10.2. The molecule has 21 heavy (non-hydrogen) atoms. The van der Waals surface area contributed by atoms with Gasteiger partial charge in [-0.05, 0) is 30.6 Å².